The number of hydrogen-bond donors (Lipinski definition) is 1. The number of rotatable bonds is 1. The minimum absolute atomic E-state index is 0.307. The van der Waals surface area contributed by atoms with Gasteiger partial charge in [-0.05, 0) is 31.5 Å². The first kappa shape index (κ1) is 12.4. The van der Waals surface area contributed by atoms with E-state index in [1.165, 1.54) is 0 Å². The third-order valence-electron chi connectivity index (χ3n) is 2.72. The van der Waals surface area contributed by atoms with Crippen LogP contribution in [0.5, 0.6) is 0 Å². The van der Waals surface area contributed by atoms with Gasteiger partial charge in [-0.1, -0.05) is 0 Å². The molecule has 2 rings (SSSR count). The molecule has 5 heteroatoms. The highest BCUT2D eigenvalue weighted by atomic mass is 19.2. The van der Waals surface area contributed by atoms with Crippen LogP contribution >= 0.6 is 0 Å². The summed E-state index contributed by atoms with van der Waals surface area (Å²) in [5.74, 6) is -3.82. The lowest BCUT2D eigenvalue weighted by atomic mass is 10.0. The summed E-state index contributed by atoms with van der Waals surface area (Å²) in [6.45, 7) is 4.87. The molecule has 0 aliphatic carbocycles. The van der Waals surface area contributed by atoms with E-state index in [0.717, 1.165) is 12.1 Å². The highest BCUT2D eigenvalue weighted by Gasteiger charge is 2.30. The lowest BCUT2D eigenvalue weighted by Gasteiger charge is -2.36. The van der Waals surface area contributed by atoms with Crippen molar-refractivity contribution < 1.29 is 17.9 Å². The molecular formula is C12H14F3NO. The number of hydrogen-bond acceptors (Lipinski definition) is 2. The molecule has 0 spiro atoms. The van der Waals surface area contributed by atoms with Crippen LogP contribution in [0.2, 0.25) is 0 Å². The standard InChI is InChI=1S/C12H14F3NO/c1-12(2)6-16-5-10(17-12)7-3-8(13)11(15)9(14)4-7/h3-4,10,16H,5-6H2,1-2H3. The van der Waals surface area contributed by atoms with Gasteiger partial charge in [0.25, 0.3) is 0 Å². The zero-order valence-corrected chi connectivity index (χ0v) is 9.69. The Labute approximate surface area is 97.8 Å². The van der Waals surface area contributed by atoms with E-state index in [0.29, 0.717) is 18.7 Å². The van der Waals surface area contributed by atoms with Crippen LogP contribution in [0, 0.1) is 17.5 Å². The Morgan fingerprint density at radius 3 is 2.35 bits per heavy atom. The molecule has 0 aromatic heterocycles. The molecule has 1 atom stereocenters. The molecule has 1 aliphatic rings. The SMILES string of the molecule is CC1(C)CNCC(c2cc(F)c(F)c(F)c2)O1. The van der Waals surface area contributed by atoms with E-state index in [1.807, 2.05) is 13.8 Å². The summed E-state index contributed by atoms with van der Waals surface area (Å²) < 4.78 is 44.7. The number of nitrogens with one attached hydrogen (secondary N) is 1. The molecule has 1 N–H and O–H groups in total. The van der Waals surface area contributed by atoms with E-state index in [-0.39, 0.29) is 0 Å². The van der Waals surface area contributed by atoms with Crippen molar-refractivity contribution in [1.82, 2.24) is 5.32 Å². The van der Waals surface area contributed by atoms with Crippen molar-refractivity contribution >= 4 is 0 Å². The second-order valence-electron chi connectivity index (χ2n) is 4.80. The third-order valence-corrected chi connectivity index (χ3v) is 2.72. The molecule has 1 aliphatic heterocycles. The van der Waals surface area contributed by atoms with Crippen LogP contribution in [0.4, 0.5) is 13.2 Å². The molecule has 1 aromatic rings. The van der Waals surface area contributed by atoms with Crippen LogP contribution in [0.15, 0.2) is 12.1 Å². The molecule has 0 saturated carbocycles. The first-order valence-corrected chi connectivity index (χ1v) is 5.42. The zero-order valence-electron chi connectivity index (χ0n) is 9.69. The van der Waals surface area contributed by atoms with Gasteiger partial charge in [-0.3, -0.25) is 0 Å². The minimum Gasteiger partial charge on any atom is -0.365 e. The molecule has 1 unspecified atom stereocenters. The highest BCUT2D eigenvalue weighted by molar-refractivity contribution is 5.22. The van der Waals surface area contributed by atoms with E-state index in [1.54, 1.807) is 0 Å². The van der Waals surface area contributed by atoms with Crippen molar-refractivity contribution in [2.75, 3.05) is 13.1 Å². The normalized spacial score (nSPS) is 23.7. The minimum atomic E-state index is -1.45. The molecule has 1 aromatic carbocycles. The van der Waals surface area contributed by atoms with Crippen molar-refractivity contribution in [3.63, 3.8) is 0 Å². The van der Waals surface area contributed by atoms with Crippen LogP contribution in [0.25, 0.3) is 0 Å². The Balaban J connectivity index is 2.28. The predicted molar refractivity (Wildman–Crippen MR) is 57.1 cm³/mol. The smallest absolute Gasteiger partial charge is 0.194 e. The van der Waals surface area contributed by atoms with Crippen LogP contribution in [-0.2, 0) is 4.74 Å². The molecule has 1 fully saturated rings. The molecule has 0 amide bonds. The number of morpholine rings is 1. The summed E-state index contributed by atoms with van der Waals surface area (Å²) in [6.07, 6.45) is -0.469. The highest BCUT2D eigenvalue weighted by Crippen LogP contribution is 2.28. The van der Waals surface area contributed by atoms with E-state index in [2.05, 4.69) is 5.32 Å². The van der Waals surface area contributed by atoms with Gasteiger partial charge in [-0.25, -0.2) is 13.2 Å². The second-order valence-corrected chi connectivity index (χ2v) is 4.80. The topological polar surface area (TPSA) is 21.3 Å². The van der Waals surface area contributed by atoms with Crippen molar-refractivity contribution in [1.29, 1.82) is 0 Å². The van der Waals surface area contributed by atoms with Gasteiger partial charge in [0.05, 0.1) is 11.7 Å². The largest absolute Gasteiger partial charge is 0.365 e. The van der Waals surface area contributed by atoms with Crippen molar-refractivity contribution in [2.45, 2.75) is 25.6 Å². The number of ether oxygens (including phenoxy) is 1. The first-order valence-electron chi connectivity index (χ1n) is 5.42. The fourth-order valence-electron chi connectivity index (χ4n) is 1.92. The molecule has 0 bridgehead atoms. The summed E-state index contributed by atoms with van der Waals surface area (Å²) >= 11 is 0. The van der Waals surface area contributed by atoms with E-state index >= 15 is 0 Å². The Bertz CT molecular complexity index is 411. The first-order chi connectivity index (χ1) is 7.89. The van der Waals surface area contributed by atoms with Crippen LogP contribution < -0.4 is 5.32 Å². The summed E-state index contributed by atoms with van der Waals surface area (Å²) in [6, 6.07) is 1.96. The van der Waals surface area contributed by atoms with Gasteiger partial charge in [-0.2, -0.15) is 0 Å². The van der Waals surface area contributed by atoms with Gasteiger partial charge >= 0.3 is 0 Å². The summed E-state index contributed by atoms with van der Waals surface area (Å²) in [4.78, 5) is 0. The fourth-order valence-corrected chi connectivity index (χ4v) is 1.92. The van der Waals surface area contributed by atoms with Gasteiger partial charge in [0.15, 0.2) is 17.5 Å². The van der Waals surface area contributed by atoms with E-state index in [4.69, 9.17) is 4.74 Å². The molecule has 2 nitrogen and oxygen atoms in total. The maximum Gasteiger partial charge on any atom is 0.194 e. The Morgan fingerprint density at radius 1 is 1.24 bits per heavy atom. The summed E-state index contributed by atoms with van der Waals surface area (Å²) in [5, 5.41) is 3.11. The quantitative estimate of drug-likeness (QED) is 0.768. The van der Waals surface area contributed by atoms with Crippen LogP contribution in [0.1, 0.15) is 25.5 Å². The number of halogens is 3. The van der Waals surface area contributed by atoms with Gasteiger partial charge in [0, 0.05) is 13.1 Å². The number of benzene rings is 1. The van der Waals surface area contributed by atoms with E-state index < -0.39 is 29.2 Å². The van der Waals surface area contributed by atoms with Crippen molar-refractivity contribution in [3.8, 4) is 0 Å². The lowest BCUT2D eigenvalue weighted by molar-refractivity contribution is -0.0960. The summed E-state index contributed by atoms with van der Waals surface area (Å²) in [5.41, 5.74) is -0.105. The molecule has 1 saturated heterocycles. The van der Waals surface area contributed by atoms with Gasteiger partial charge in [0.1, 0.15) is 0 Å². The lowest BCUT2D eigenvalue weighted by Crippen LogP contribution is -2.46. The maximum absolute atomic E-state index is 13.1. The van der Waals surface area contributed by atoms with Crippen LogP contribution in [-0.4, -0.2) is 18.7 Å². The molecule has 94 valence electrons. The maximum atomic E-state index is 13.1. The van der Waals surface area contributed by atoms with E-state index in [9.17, 15) is 13.2 Å². The Morgan fingerprint density at radius 2 is 1.82 bits per heavy atom. The second kappa shape index (κ2) is 4.31. The predicted octanol–water partition coefficient (Wildman–Crippen LogP) is 2.54. The van der Waals surface area contributed by atoms with Crippen molar-refractivity contribution in [3.05, 3.63) is 35.1 Å². The Hall–Kier alpha value is -1.07. The molecular weight excluding hydrogens is 231 g/mol. The van der Waals surface area contributed by atoms with Gasteiger partial charge in [-0.15, -0.1) is 0 Å². The van der Waals surface area contributed by atoms with Crippen LogP contribution in [0.3, 0.4) is 0 Å². The third kappa shape index (κ3) is 2.61. The van der Waals surface area contributed by atoms with Crippen molar-refractivity contribution in [2.24, 2.45) is 0 Å². The monoisotopic (exact) mass is 245 g/mol. The fraction of sp³-hybridized carbons (Fsp3) is 0.500. The average Bonchev–Trinajstić information content (AvgIpc) is 2.23. The molecule has 1 heterocycles. The molecule has 0 radical (unpaired) electrons. The van der Waals surface area contributed by atoms with Gasteiger partial charge < -0.3 is 10.1 Å². The summed E-state index contributed by atoms with van der Waals surface area (Å²) in [7, 11) is 0. The molecule has 17 heavy (non-hydrogen) atoms. The zero-order chi connectivity index (χ0) is 12.6. The average molecular weight is 245 g/mol. The van der Waals surface area contributed by atoms with Gasteiger partial charge in [0.2, 0.25) is 0 Å². The Kier molecular flexibility index (Phi) is 3.14.